The maximum absolute atomic E-state index is 8.55. The maximum Gasteiger partial charge on any atom is 0.160 e. The van der Waals surface area contributed by atoms with Gasteiger partial charge in [-0.1, -0.05) is 13.0 Å². The summed E-state index contributed by atoms with van der Waals surface area (Å²) in [5.74, 6) is 2.85. The molecule has 0 spiro atoms. The molecule has 3 nitrogen and oxygen atoms in total. The van der Waals surface area contributed by atoms with Crippen molar-refractivity contribution in [2.24, 2.45) is 0 Å². The molecule has 4 heteroatoms. The van der Waals surface area contributed by atoms with Crippen LogP contribution < -0.4 is 9.47 Å². The Balaban J connectivity index is 2.83. The lowest BCUT2D eigenvalue weighted by molar-refractivity contribution is 0.354. The van der Waals surface area contributed by atoms with Gasteiger partial charge in [0, 0.05) is 5.75 Å². The van der Waals surface area contributed by atoms with Crippen LogP contribution in [0.15, 0.2) is 18.2 Å². The molecule has 1 unspecified atom stereocenters. The molecule has 0 aliphatic carbocycles. The normalized spacial score (nSPS) is 11.7. The summed E-state index contributed by atoms with van der Waals surface area (Å²) in [6, 6.07) is 6.05. The van der Waals surface area contributed by atoms with E-state index in [0.29, 0.717) is 5.92 Å². The summed E-state index contributed by atoms with van der Waals surface area (Å²) in [6.45, 7) is 2.17. The standard InChI is InChI=1S/C14H19NO2S/c1-4-11(7-8-18-10-15)12-5-6-13(16-2)14(9-12)17-3/h5-6,9,11H,4,7-8H2,1-3H3. The molecule has 0 aliphatic rings. The number of thioether (sulfide) groups is 1. The van der Waals surface area contributed by atoms with E-state index in [2.05, 4.69) is 18.4 Å². The monoisotopic (exact) mass is 265 g/mol. The Labute approximate surface area is 113 Å². The van der Waals surface area contributed by atoms with E-state index in [1.165, 1.54) is 17.3 Å². The van der Waals surface area contributed by atoms with Crippen LogP contribution in [0, 0.1) is 10.7 Å². The van der Waals surface area contributed by atoms with Crippen molar-refractivity contribution in [1.82, 2.24) is 0 Å². The third-order valence-corrected chi connectivity index (χ3v) is 3.57. The molecule has 0 aliphatic heterocycles. The first-order chi connectivity index (χ1) is 8.76. The highest BCUT2D eigenvalue weighted by molar-refractivity contribution is 8.03. The highest BCUT2D eigenvalue weighted by Crippen LogP contribution is 2.33. The Morgan fingerprint density at radius 3 is 2.56 bits per heavy atom. The van der Waals surface area contributed by atoms with Crippen molar-refractivity contribution in [1.29, 1.82) is 5.26 Å². The second-order valence-electron chi connectivity index (χ2n) is 3.95. The fourth-order valence-corrected chi connectivity index (χ4v) is 2.45. The molecule has 0 N–H and O–H groups in total. The molecule has 0 aromatic heterocycles. The van der Waals surface area contributed by atoms with Crippen molar-refractivity contribution in [2.75, 3.05) is 20.0 Å². The molecule has 0 heterocycles. The lowest BCUT2D eigenvalue weighted by Gasteiger charge is -2.16. The zero-order chi connectivity index (χ0) is 13.4. The molecular formula is C14H19NO2S. The van der Waals surface area contributed by atoms with Gasteiger partial charge >= 0.3 is 0 Å². The van der Waals surface area contributed by atoms with Gasteiger partial charge in [-0.15, -0.1) is 0 Å². The highest BCUT2D eigenvalue weighted by Gasteiger charge is 2.12. The third kappa shape index (κ3) is 3.85. The number of thiocyanates is 1. The topological polar surface area (TPSA) is 42.2 Å². The highest BCUT2D eigenvalue weighted by atomic mass is 32.2. The fraction of sp³-hybridized carbons (Fsp3) is 0.500. The first-order valence-corrected chi connectivity index (χ1v) is 6.98. The van der Waals surface area contributed by atoms with Gasteiger partial charge in [-0.2, -0.15) is 5.26 Å². The molecule has 0 radical (unpaired) electrons. The van der Waals surface area contributed by atoms with Gasteiger partial charge < -0.3 is 9.47 Å². The SMILES string of the molecule is CCC(CCSC#N)c1ccc(OC)c(OC)c1. The molecule has 1 atom stereocenters. The van der Waals surface area contributed by atoms with Gasteiger partial charge in [0.15, 0.2) is 11.5 Å². The zero-order valence-corrected chi connectivity index (χ0v) is 11.9. The summed E-state index contributed by atoms with van der Waals surface area (Å²) in [5, 5.41) is 10.7. The van der Waals surface area contributed by atoms with Gasteiger partial charge in [-0.05, 0) is 48.2 Å². The molecule has 0 saturated heterocycles. The van der Waals surface area contributed by atoms with Crippen LogP contribution in [0.4, 0.5) is 0 Å². The number of methoxy groups -OCH3 is 2. The minimum Gasteiger partial charge on any atom is -0.493 e. The van der Waals surface area contributed by atoms with E-state index in [4.69, 9.17) is 14.7 Å². The Hall–Kier alpha value is -1.34. The third-order valence-electron chi connectivity index (χ3n) is 3.00. The number of rotatable bonds is 7. The second kappa shape index (κ2) is 7.88. The predicted molar refractivity (Wildman–Crippen MR) is 75.3 cm³/mol. The largest absolute Gasteiger partial charge is 0.493 e. The van der Waals surface area contributed by atoms with Crippen LogP contribution in [0.1, 0.15) is 31.2 Å². The number of nitriles is 1. The number of hydrogen-bond acceptors (Lipinski definition) is 4. The van der Waals surface area contributed by atoms with Crippen molar-refractivity contribution in [3.05, 3.63) is 23.8 Å². The fourth-order valence-electron chi connectivity index (χ4n) is 1.96. The van der Waals surface area contributed by atoms with Gasteiger partial charge in [0.2, 0.25) is 0 Å². The average molecular weight is 265 g/mol. The zero-order valence-electron chi connectivity index (χ0n) is 11.1. The van der Waals surface area contributed by atoms with Crippen molar-refractivity contribution in [3.63, 3.8) is 0 Å². The smallest absolute Gasteiger partial charge is 0.160 e. The van der Waals surface area contributed by atoms with E-state index in [-0.39, 0.29) is 0 Å². The Morgan fingerprint density at radius 1 is 1.28 bits per heavy atom. The molecule has 0 bridgehead atoms. The van der Waals surface area contributed by atoms with Crippen LogP contribution in [0.2, 0.25) is 0 Å². The Kier molecular flexibility index (Phi) is 6.45. The Bertz CT molecular complexity index is 415. The molecule has 0 fully saturated rings. The molecule has 0 saturated carbocycles. The van der Waals surface area contributed by atoms with E-state index in [1.54, 1.807) is 14.2 Å². The van der Waals surface area contributed by atoms with Gasteiger partial charge in [-0.3, -0.25) is 0 Å². The number of nitrogens with zero attached hydrogens (tertiary/aromatic N) is 1. The minimum absolute atomic E-state index is 0.464. The van der Waals surface area contributed by atoms with Crippen LogP contribution in [0.25, 0.3) is 0 Å². The van der Waals surface area contributed by atoms with E-state index in [9.17, 15) is 0 Å². The van der Waals surface area contributed by atoms with Crippen molar-refractivity contribution >= 4 is 11.8 Å². The van der Waals surface area contributed by atoms with Gasteiger partial charge in [-0.25, -0.2) is 0 Å². The summed E-state index contributed by atoms with van der Waals surface area (Å²) < 4.78 is 10.5. The number of ether oxygens (including phenoxy) is 2. The molecule has 1 aromatic rings. The van der Waals surface area contributed by atoms with E-state index < -0.39 is 0 Å². The van der Waals surface area contributed by atoms with E-state index >= 15 is 0 Å². The molecule has 1 rings (SSSR count). The maximum atomic E-state index is 8.55. The van der Waals surface area contributed by atoms with Crippen molar-refractivity contribution < 1.29 is 9.47 Å². The van der Waals surface area contributed by atoms with Crippen molar-refractivity contribution in [3.8, 4) is 16.9 Å². The molecular weight excluding hydrogens is 246 g/mol. The van der Waals surface area contributed by atoms with Crippen LogP contribution in [-0.2, 0) is 0 Å². The van der Waals surface area contributed by atoms with Crippen LogP contribution >= 0.6 is 11.8 Å². The summed E-state index contributed by atoms with van der Waals surface area (Å²) in [6.07, 6.45) is 2.06. The molecule has 98 valence electrons. The van der Waals surface area contributed by atoms with Gasteiger partial charge in [0.1, 0.15) is 5.40 Å². The summed E-state index contributed by atoms with van der Waals surface area (Å²) in [5.41, 5.74) is 1.24. The van der Waals surface area contributed by atoms with Gasteiger partial charge in [0.25, 0.3) is 0 Å². The van der Waals surface area contributed by atoms with E-state index in [1.807, 2.05) is 12.1 Å². The molecule has 18 heavy (non-hydrogen) atoms. The summed E-state index contributed by atoms with van der Waals surface area (Å²) >= 11 is 1.31. The quantitative estimate of drug-likeness (QED) is 0.555. The van der Waals surface area contributed by atoms with Crippen LogP contribution in [0.5, 0.6) is 11.5 Å². The second-order valence-corrected chi connectivity index (χ2v) is 4.83. The summed E-state index contributed by atoms with van der Waals surface area (Å²) in [4.78, 5) is 0. The lowest BCUT2D eigenvalue weighted by atomic mass is 9.94. The number of hydrogen-bond donors (Lipinski definition) is 0. The summed E-state index contributed by atoms with van der Waals surface area (Å²) in [7, 11) is 3.28. The minimum atomic E-state index is 0.464. The predicted octanol–water partition coefficient (Wildman–Crippen LogP) is 3.80. The lowest BCUT2D eigenvalue weighted by Crippen LogP contribution is -2.00. The molecule has 1 aromatic carbocycles. The van der Waals surface area contributed by atoms with Crippen LogP contribution in [-0.4, -0.2) is 20.0 Å². The Morgan fingerprint density at radius 2 is 2.00 bits per heavy atom. The first kappa shape index (κ1) is 14.7. The first-order valence-electron chi connectivity index (χ1n) is 5.99. The molecule has 0 amide bonds. The van der Waals surface area contributed by atoms with Gasteiger partial charge in [0.05, 0.1) is 14.2 Å². The van der Waals surface area contributed by atoms with E-state index in [0.717, 1.165) is 30.1 Å². The average Bonchev–Trinajstić information content (AvgIpc) is 2.43. The number of benzene rings is 1. The van der Waals surface area contributed by atoms with Crippen LogP contribution in [0.3, 0.4) is 0 Å². The van der Waals surface area contributed by atoms with Crippen molar-refractivity contribution in [2.45, 2.75) is 25.7 Å².